The van der Waals surface area contributed by atoms with Gasteiger partial charge >= 0.3 is 0 Å². The quantitative estimate of drug-likeness (QED) is 0.841. The van der Waals surface area contributed by atoms with E-state index < -0.39 is 0 Å². The molecule has 1 fully saturated rings. The number of benzene rings is 1. The van der Waals surface area contributed by atoms with Crippen molar-refractivity contribution in [3.63, 3.8) is 0 Å². The Morgan fingerprint density at radius 2 is 2.33 bits per heavy atom. The monoisotopic (exact) mass is 226 g/mol. The molecule has 1 N–H and O–H groups in total. The topological polar surface area (TPSA) is 29.5 Å². The lowest BCUT2D eigenvalue weighted by Crippen LogP contribution is -2.25. The molecule has 0 radical (unpaired) electrons. The summed E-state index contributed by atoms with van der Waals surface area (Å²) in [5, 5.41) is 10.00. The Balaban J connectivity index is 2.20. The molecule has 1 aliphatic heterocycles. The van der Waals surface area contributed by atoms with Crippen molar-refractivity contribution in [3.05, 3.63) is 34.9 Å². The third-order valence-electron chi connectivity index (χ3n) is 2.86. The molecule has 0 saturated carbocycles. The molecule has 3 heteroatoms. The van der Waals surface area contributed by atoms with E-state index in [0.29, 0.717) is 0 Å². The van der Waals surface area contributed by atoms with Crippen LogP contribution < -0.4 is 0 Å². The summed E-state index contributed by atoms with van der Waals surface area (Å²) in [5.41, 5.74) is 1.07. The first-order chi connectivity index (χ1) is 7.31. The summed E-state index contributed by atoms with van der Waals surface area (Å²) >= 11 is 5.94. The van der Waals surface area contributed by atoms with Crippen LogP contribution in [-0.4, -0.2) is 18.3 Å². The lowest BCUT2D eigenvalue weighted by molar-refractivity contribution is -0.0457. The Morgan fingerprint density at radius 1 is 1.47 bits per heavy atom. The molecule has 2 rings (SSSR count). The van der Waals surface area contributed by atoms with E-state index in [1.807, 2.05) is 24.3 Å². The zero-order chi connectivity index (χ0) is 10.7. The largest absolute Gasteiger partial charge is 0.396 e. The van der Waals surface area contributed by atoms with Gasteiger partial charge < -0.3 is 9.84 Å². The predicted octanol–water partition coefficient (Wildman–Crippen LogP) is 2.80. The Labute approximate surface area is 94.8 Å². The summed E-state index contributed by atoms with van der Waals surface area (Å²) in [6.07, 6.45) is 2.05. The first-order valence-electron chi connectivity index (χ1n) is 5.29. The first kappa shape index (κ1) is 10.9. The highest BCUT2D eigenvalue weighted by molar-refractivity contribution is 6.30. The Hall–Kier alpha value is -0.570. The van der Waals surface area contributed by atoms with E-state index in [4.69, 9.17) is 16.3 Å². The van der Waals surface area contributed by atoms with Gasteiger partial charge in [0.1, 0.15) is 0 Å². The van der Waals surface area contributed by atoms with Gasteiger partial charge in [-0.05, 0) is 30.5 Å². The van der Waals surface area contributed by atoms with Gasteiger partial charge in [-0.3, -0.25) is 0 Å². The second-order valence-corrected chi connectivity index (χ2v) is 4.37. The van der Waals surface area contributed by atoms with Gasteiger partial charge in [-0.25, -0.2) is 0 Å². The van der Waals surface area contributed by atoms with E-state index in [0.717, 1.165) is 30.0 Å². The van der Waals surface area contributed by atoms with Crippen LogP contribution in [0.3, 0.4) is 0 Å². The summed E-state index contributed by atoms with van der Waals surface area (Å²) in [5.74, 6) is 0.206. The van der Waals surface area contributed by atoms with Crippen LogP contribution in [0.5, 0.6) is 0 Å². The molecule has 0 spiro atoms. The van der Waals surface area contributed by atoms with Crippen molar-refractivity contribution in [2.45, 2.75) is 18.9 Å². The summed E-state index contributed by atoms with van der Waals surface area (Å²) < 4.78 is 5.70. The van der Waals surface area contributed by atoms with Gasteiger partial charge in [-0.15, -0.1) is 0 Å². The van der Waals surface area contributed by atoms with E-state index >= 15 is 0 Å². The van der Waals surface area contributed by atoms with Crippen LogP contribution in [0.2, 0.25) is 5.02 Å². The lowest BCUT2D eigenvalue weighted by Gasteiger charge is -2.30. The summed E-state index contributed by atoms with van der Waals surface area (Å²) in [7, 11) is 0. The average molecular weight is 227 g/mol. The second kappa shape index (κ2) is 4.97. The highest BCUT2D eigenvalue weighted by Crippen LogP contribution is 2.33. The first-order valence-corrected chi connectivity index (χ1v) is 5.67. The minimum absolute atomic E-state index is 0.00227. The zero-order valence-electron chi connectivity index (χ0n) is 8.53. The van der Waals surface area contributed by atoms with Crippen molar-refractivity contribution in [2.75, 3.05) is 13.2 Å². The normalized spacial score (nSPS) is 26.5. The van der Waals surface area contributed by atoms with E-state index in [2.05, 4.69) is 0 Å². The van der Waals surface area contributed by atoms with E-state index in [9.17, 15) is 5.11 Å². The Bertz CT molecular complexity index is 327. The number of halogens is 1. The van der Waals surface area contributed by atoms with Crippen LogP contribution in [0.15, 0.2) is 24.3 Å². The molecule has 0 bridgehead atoms. The standard InChI is InChI=1S/C12H15ClO2/c13-11-5-1-3-9(7-11)12-10(8-14)4-2-6-15-12/h1,3,5,7,10,12,14H,2,4,6,8H2. The molecule has 2 unspecified atom stereocenters. The SMILES string of the molecule is OCC1CCCOC1c1cccc(Cl)c1. The van der Waals surface area contributed by atoms with Crippen LogP contribution in [-0.2, 0) is 4.74 Å². The molecule has 1 aliphatic rings. The van der Waals surface area contributed by atoms with Crippen molar-refractivity contribution in [1.29, 1.82) is 0 Å². The number of rotatable bonds is 2. The maximum Gasteiger partial charge on any atom is 0.0875 e. The van der Waals surface area contributed by atoms with E-state index in [1.165, 1.54) is 0 Å². The molecule has 1 heterocycles. The molecular weight excluding hydrogens is 212 g/mol. The molecule has 2 nitrogen and oxygen atoms in total. The molecule has 0 aromatic heterocycles. The van der Waals surface area contributed by atoms with Gasteiger partial charge in [0, 0.05) is 24.2 Å². The fraction of sp³-hybridized carbons (Fsp3) is 0.500. The Kier molecular flexibility index (Phi) is 3.62. The van der Waals surface area contributed by atoms with Gasteiger partial charge in [0.2, 0.25) is 0 Å². The molecule has 15 heavy (non-hydrogen) atoms. The van der Waals surface area contributed by atoms with Gasteiger partial charge in [-0.1, -0.05) is 23.7 Å². The van der Waals surface area contributed by atoms with Crippen LogP contribution >= 0.6 is 11.6 Å². The molecule has 0 amide bonds. The van der Waals surface area contributed by atoms with Crippen molar-refractivity contribution >= 4 is 11.6 Å². The third kappa shape index (κ3) is 2.51. The smallest absolute Gasteiger partial charge is 0.0875 e. The van der Waals surface area contributed by atoms with Gasteiger partial charge in [0.15, 0.2) is 0 Å². The maximum absolute atomic E-state index is 9.28. The zero-order valence-corrected chi connectivity index (χ0v) is 9.28. The molecular formula is C12H15ClO2. The van der Waals surface area contributed by atoms with Crippen molar-refractivity contribution < 1.29 is 9.84 Å². The summed E-state index contributed by atoms with van der Waals surface area (Å²) in [6, 6.07) is 7.69. The Morgan fingerprint density at radius 3 is 3.07 bits per heavy atom. The summed E-state index contributed by atoms with van der Waals surface area (Å²) in [4.78, 5) is 0. The molecule has 1 aromatic carbocycles. The van der Waals surface area contributed by atoms with Crippen molar-refractivity contribution in [3.8, 4) is 0 Å². The highest BCUT2D eigenvalue weighted by atomic mass is 35.5. The van der Waals surface area contributed by atoms with Gasteiger partial charge in [-0.2, -0.15) is 0 Å². The summed E-state index contributed by atoms with van der Waals surface area (Å²) in [6.45, 7) is 0.949. The molecule has 2 atom stereocenters. The number of hydrogen-bond acceptors (Lipinski definition) is 2. The number of hydrogen-bond donors (Lipinski definition) is 1. The average Bonchev–Trinajstić information content (AvgIpc) is 2.29. The highest BCUT2D eigenvalue weighted by Gasteiger charge is 2.26. The maximum atomic E-state index is 9.28. The molecule has 0 aliphatic carbocycles. The van der Waals surface area contributed by atoms with Crippen molar-refractivity contribution in [2.24, 2.45) is 5.92 Å². The number of aliphatic hydroxyl groups excluding tert-OH is 1. The van der Waals surface area contributed by atoms with E-state index in [-0.39, 0.29) is 18.6 Å². The lowest BCUT2D eigenvalue weighted by atomic mass is 9.90. The fourth-order valence-electron chi connectivity index (χ4n) is 2.08. The molecule has 1 aromatic rings. The van der Waals surface area contributed by atoms with Gasteiger partial charge in [0.05, 0.1) is 6.10 Å². The third-order valence-corrected chi connectivity index (χ3v) is 3.09. The molecule has 82 valence electrons. The molecule has 1 saturated heterocycles. The van der Waals surface area contributed by atoms with Crippen LogP contribution in [0.25, 0.3) is 0 Å². The number of aliphatic hydroxyl groups is 1. The van der Waals surface area contributed by atoms with Crippen LogP contribution in [0, 0.1) is 5.92 Å². The minimum atomic E-state index is 0.00227. The van der Waals surface area contributed by atoms with E-state index in [1.54, 1.807) is 0 Å². The van der Waals surface area contributed by atoms with Crippen LogP contribution in [0.1, 0.15) is 24.5 Å². The second-order valence-electron chi connectivity index (χ2n) is 3.93. The fourth-order valence-corrected chi connectivity index (χ4v) is 2.28. The van der Waals surface area contributed by atoms with Gasteiger partial charge in [0.25, 0.3) is 0 Å². The minimum Gasteiger partial charge on any atom is -0.396 e. The van der Waals surface area contributed by atoms with Crippen LogP contribution in [0.4, 0.5) is 0 Å². The predicted molar refractivity (Wildman–Crippen MR) is 60.0 cm³/mol. The van der Waals surface area contributed by atoms with Crippen molar-refractivity contribution in [1.82, 2.24) is 0 Å². The number of ether oxygens (including phenoxy) is 1.